The average molecular weight is 276 g/mol. The van der Waals surface area contributed by atoms with Gasteiger partial charge >= 0.3 is 0 Å². The largest absolute Gasteiger partial charge is 0.414 e. The van der Waals surface area contributed by atoms with Crippen molar-refractivity contribution in [2.75, 3.05) is 0 Å². The molecular formula is C15H20N2OS. The smallest absolute Gasteiger partial charge is 0.284 e. The molecule has 0 aliphatic carbocycles. The van der Waals surface area contributed by atoms with Crippen LogP contribution in [0.25, 0.3) is 0 Å². The van der Waals surface area contributed by atoms with Crippen molar-refractivity contribution in [1.82, 2.24) is 10.2 Å². The van der Waals surface area contributed by atoms with E-state index in [9.17, 15) is 0 Å². The summed E-state index contributed by atoms with van der Waals surface area (Å²) in [6.07, 6.45) is 0.752. The molecule has 2 aromatic rings. The fourth-order valence-corrected chi connectivity index (χ4v) is 2.18. The fraction of sp³-hybridized carbons (Fsp3) is 0.467. The summed E-state index contributed by atoms with van der Waals surface area (Å²) >= 11 is 4.88. The third kappa shape index (κ3) is 3.53. The molecule has 3 nitrogen and oxygen atoms in total. The minimum absolute atomic E-state index is 0.191. The minimum atomic E-state index is 0.191. The first kappa shape index (κ1) is 14.0. The van der Waals surface area contributed by atoms with E-state index in [1.165, 1.54) is 11.1 Å². The number of benzene rings is 1. The Morgan fingerprint density at radius 1 is 1.26 bits per heavy atom. The second-order valence-electron chi connectivity index (χ2n) is 5.98. The Morgan fingerprint density at radius 2 is 1.89 bits per heavy atom. The van der Waals surface area contributed by atoms with Crippen molar-refractivity contribution in [2.45, 2.75) is 45.4 Å². The maximum Gasteiger partial charge on any atom is 0.284 e. The molecule has 2 rings (SSSR count). The van der Waals surface area contributed by atoms with Crippen LogP contribution in [0.1, 0.15) is 50.6 Å². The van der Waals surface area contributed by atoms with E-state index >= 15 is 0 Å². The molecule has 0 aliphatic rings. The first-order valence-electron chi connectivity index (χ1n) is 6.51. The molecule has 0 saturated heterocycles. The van der Waals surface area contributed by atoms with Crippen molar-refractivity contribution < 1.29 is 4.42 Å². The summed E-state index contributed by atoms with van der Waals surface area (Å²) in [5.41, 5.74) is 2.83. The highest BCUT2D eigenvalue weighted by Crippen LogP contribution is 2.25. The van der Waals surface area contributed by atoms with Crippen LogP contribution >= 0.6 is 12.2 Å². The topological polar surface area (TPSA) is 41.8 Å². The van der Waals surface area contributed by atoms with Crippen molar-refractivity contribution >= 4 is 12.2 Å². The molecule has 0 fully saturated rings. The molecule has 0 aliphatic heterocycles. The second kappa shape index (κ2) is 5.29. The highest BCUT2D eigenvalue weighted by Gasteiger charge is 2.15. The maximum atomic E-state index is 5.30. The van der Waals surface area contributed by atoms with Gasteiger partial charge in [-0.25, -0.2) is 5.10 Å². The molecule has 102 valence electrons. The van der Waals surface area contributed by atoms with Crippen LogP contribution < -0.4 is 0 Å². The lowest BCUT2D eigenvalue weighted by atomic mass is 9.85. The van der Waals surface area contributed by atoms with E-state index in [2.05, 4.69) is 62.2 Å². The zero-order valence-corrected chi connectivity index (χ0v) is 12.7. The van der Waals surface area contributed by atoms with E-state index in [1.54, 1.807) is 0 Å². The number of H-pyrrole nitrogens is 1. The van der Waals surface area contributed by atoms with Gasteiger partial charge < -0.3 is 4.42 Å². The quantitative estimate of drug-likeness (QED) is 0.846. The standard InChI is InChI=1S/C15H20N2OS/c1-10(9-13-16-17-14(19)18-13)11-5-7-12(8-6-11)15(2,3)4/h5-8,10H,9H2,1-4H3,(H,17,19). The average Bonchev–Trinajstić information content (AvgIpc) is 2.74. The number of nitrogens with zero attached hydrogens (tertiary/aromatic N) is 1. The molecule has 19 heavy (non-hydrogen) atoms. The highest BCUT2D eigenvalue weighted by molar-refractivity contribution is 7.71. The van der Waals surface area contributed by atoms with Gasteiger partial charge in [0.25, 0.3) is 4.84 Å². The van der Waals surface area contributed by atoms with Crippen LogP contribution in [0.3, 0.4) is 0 Å². The van der Waals surface area contributed by atoms with E-state index < -0.39 is 0 Å². The zero-order valence-electron chi connectivity index (χ0n) is 11.9. The molecule has 0 radical (unpaired) electrons. The van der Waals surface area contributed by atoms with Crippen LogP contribution in [0.2, 0.25) is 0 Å². The summed E-state index contributed by atoms with van der Waals surface area (Å²) in [7, 11) is 0. The van der Waals surface area contributed by atoms with Gasteiger partial charge in [0, 0.05) is 6.42 Å². The summed E-state index contributed by atoms with van der Waals surface area (Å²) in [4.78, 5) is 0.338. The van der Waals surface area contributed by atoms with E-state index in [0.29, 0.717) is 16.6 Å². The van der Waals surface area contributed by atoms with Crippen molar-refractivity contribution in [1.29, 1.82) is 0 Å². The normalized spacial score (nSPS) is 13.5. The van der Waals surface area contributed by atoms with E-state index in [4.69, 9.17) is 16.6 Å². The van der Waals surface area contributed by atoms with Gasteiger partial charge in [0.1, 0.15) is 0 Å². The van der Waals surface area contributed by atoms with Crippen molar-refractivity contribution in [3.63, 3.8) is 0 Å². The molecule has 0 saturated carbocycles. The molecule has 4 heteroatoms. The predicted octanol–water partition coefficient (Wildman–Crippen LogP) is 4.38. The molecule has 1 atom stereocenters. The summed E-state index contributed by atoms with van der Waals surface area (Å²) in [6, 6.07) is 8.77. The molecule has 1 heterocycles. The van der Waals surface area contributed by atoms with Crippen LogP contribution in [0, 0.1) is 4.84 Å². The molecule has 0 bridgehead atoms. The molecule has 1 aromatic carbocycles. The van der Waals surface area contributed by atoms with Gasteiger partial charge in [-0.2, -0.15) is 0 Å². The van der Waals surface area contributed by atoms with E-state index in [-0.39, 0.29) is 5.41 Å². The Hall–Kier alpha value is -1.42. The van der Waals surface area contributed by atoms with Crippen LogP contribution in [-0.2, 0) is 11.8 Å². The molecule has 1 unspecified atom stereocenters. The third-order valence-corrected chi connectivity index (χ3v) is 3.48. The lowest BCUT2D eigenvalue weighted by molar-refractivity contribution is 0.466. The maximum absolute atomic E-state index is 5.30. The van der Waals surface area contributed by atoms with E-state index in [1.807, 2.05) is 0 Å². The van der Waals surface area contributed by atoms with Gasteiger partial charge in [-0.1, -0.05) is 52.0 Å². The number of hydrogen-bond acceptors (Lipinski definition) is 3. The third-order valence-electron chi connectivity index (χ3n) is 3.31. The van der Waals surface area contributed by atoms with E-state index in [0.717, 1.165) is 6.42 Å². The second-order valence-corrected chi connectivity index (χ2v) is 6.35. The van der Waals surface area contributed by atoms with Crippen LogP contribution in [0.4, 0.5) is 0 Å². The Kier molecular flexibility index (Phi) is 3.90. The molecule has 0 amide bonds. The van der Waals surface area contributed by atoms with Crippen molar-refractivity contribution in [3.8, 4) is 0 Å². The van der Waals surface area contributed by atoms with Gasteiger partial charge in [0.2, 0.25) is 5.89 Å². The highest BCUT2D eigenvalue weighted by atomic mass is 32.1. The van der Waals surface area contributed by atoms with Crippen molar-refractivity contribution in [3.05, 3.63) is 46.1 Å². The summed E-state index contributed by atoms with van der Waals surface area (Å²) in [5.74, 6) is 1.02. The monoisotopic (exact) mass is 276 g/mol. The lowest BCUT2D eigenvalue weighted by Crippen LogP contribution is -2.11. The Bertz CT molecular complexity index is 590. The van der Waals surface area contributed by atoms with Crippen LogP contribution in [0.15, 0.2) is 28.7 Å². The summed E-state index contributed by atoms with van der Waals surface area (Å²) in [5, 5.41) is 6.69. The van der Waals surface area contributed by atoms with Gasteiger partial charge in [-0.15, -0.1) is 5.10 Å². The molecule has 0 spiro atoms. The Morgan fingerprint density at radius 3 is 2.37 bits per heavy atom. The predicted molar refractivity (Wildman–Crippen MR) is 78.9 cm³/mol. The molecule has 1 N–H and O–H groups in total. The number of rotatable bonds is 3. The zero-order chi connectivity index (χ0) is 14.0. The van der Waals surface area contributed by atoms with Crippen LogP contribution in [0.5, 0.6) is 0 Å². The lowest BCUT2D eigenvalue weighted by Gasteiger charge is -2.20. The van der Waals surface area contributed by atoms with Gasteiger partial charge in [0.05, 0.1) is 0 Å². The molecular weight excluding hydrogens is 256 g/mol. The van der Waals surface area contributed by atoms with Crippen LogP contribution in [-0.4, -0.2) is 10.2 Å². The summed E-state index contributed by atoms with van der Waals surface area (Å²) < 4.78 is 5.30. The Balaban J connectivity index is 2.11. The number of aromatic amines is 1. The van der Waals surface area contributed by atoms with Gasteiger partial charge in [0.15, 0.2) is 0 Å². The molecule has 1 aromatic heterocycles. The number of nitrogens with one attached hydrogen (secondary N) is 1. The number of hydrogen-bond donors (Lipinski definition) is 1. The van der Waals surface area contributed by atoms with Crippen molar-refractivity contribution in [2.24, 2.45) is 0 Å². The summed E-state index contributed by atoms with van der Waals surface area (Å²) in [6.45, 7) is 8.83. The SMILES string of the molecule is CC(Cc1n[nH]c(=S)o1)c1ccc(C(C)(C)C)cc1. The fourth-order valence-electron chi connectivity index (χ4n) is 2.04. The first-order chi connectivity index (χ1) is 8.86. The Labute approximate surface area is 119 Å². The van der Waals surface area contributed by atoms with Gasteiger partial charge in [-0.3, -0.25) is 0 Å². The van der Waals surface area contributed by atoms with Gasteiger partial charge in [-0.05, 0) is 34.7 Å². The minimum Gasteiger partial charge on any atom is -0.414 e. The number of aromatic nitrogens is 2. The first-order valence-corrected chi connectivity index (χ1v) is 6.92.